The third-order valence-electron chi connectivity index (χ3n) is 6.22. The van der Waals surface area contributed by atoms with Gasteiger partial charge in [-0.3, -0.25) is 19.2 Å². The van der Waals surface area contributed by atoms with Crippen molar-refractivity contribution in [2.45, 2.75) is 50.6 Å². The molecule has 1 aliphatic heterocycles. The second kappa shape index (κ2) is 15.6. The molecular formula is C28H34N4O7S. The van der Waals surface area contributed by atoms with Crippen LogP contribution in [0.3, 0.4) is 0 Å². The van der Waals surface area contributed by atoms with E-state index in [9.17, 15) is 24.0 Å². The van der Waals surface area contributed by atoms with Gasteiger partial charge in [-0.25, -0.2) is 9.69 Å². The van der Waals surface area contributed by atoms with Crippen LogP contribution < -0.4 is 16.4 Å². The molecule has 2 aromatic carbocycles. The fourth-order valence-corrected chi connectivity index (χ4v) is 4.53. The quantitative estimate of drug-likeness (QED) is 0.310. The molecule has 0 saturated carbocycles. The Kier molecular flexibility index (Phi) is 12.0. The number of likely N-dealkylation sites (tertiary alicyclic amines) is 1. The summed E-state index contributed by atoms with van der Waals surface area (Å²) in [5.41, 5.74) is 7.04. The third kappa shape index (κ3) is 9.09. The lowest BCUT2D eigenvalue weighted by Gasteiger charge is -2.26. The standard InChI is InChI=1S/C28H34N4O7S/c1-40-15-14-21(25(29)34)30-26(35)22(18-38-16-19-8-4-2-5-9-19)31-27(36)23-12-13-24(33)32(23)28(37)39-17-20-10-6-3-7-11-20/h2-11,21-23H,12-18H2,1H3,(H2,29,34)(H,30,35)(H,31,36)/t21-,22-,23+/m1/s1. The Labute approximate surface area is 237 Å². The summed E-state index contributed by atoms with van der Waals surface area (Å²) in [6.45, 7) is -0.119. The molecule has 0 aliphatic carbocycles. The van der Waals surface area contributed by atoms with Gasteiger partial charge < -0.3 is 25.8 Å². The molecule has 3 atom stereocenters. The van der Waals surface area contributed by atoms with Gasteiger partial charge in [-0.15, -0.1) is 0 Å². The summed E-state index contributed by atoms with van der Waals surface area (Å²) in [6, 6.07) is 14.8. The van der Waals surface area contributed by atoms with Gasteiger partial charge in [0.25, 0.3) is 0 Å². The summed E-state index contributed by atoms with van der Waals surface area (Å²) >= 11 is 1.49. The van der Waals surface area contributed by atoms with Crippen molar-refractivity contribution >= 4 is 41.5 Å². The zero-order valence-electron chi connectivity index (χ0n) is 22.2. The molecule has 4 N–H and O–H groups in total. The first-order valence-corrected chi connectivity index (χ1v) is 14.2. The molecule has 0 aromatic heterocycles. The van der Waals surface area contributed by atoms with E-state index < -0.39 is 47.8 Å². The van der Waals surface area contributed by atoms with Crippen LogP contribution in [0.2, 0.25) is 0 Å². The van der Waals surface area contributed by atoms with Crippen molar-refractivity contribution in [3.63, 3.8) is 0 Å². The number of thioether (sulfide) groups is 1. The molecule has 2 aromatic rings. The molecule has 0 radical (unpaired) electrons. The van der Waals surface area contributed by atoms with E-state index in [4.69, 9.17) is 15.2 Å². The van der Waals surface area contributed by atoms with Crippen LogP contribution in [-0.2, 0) is 41.9 Å². The molecule has 0 bridgehead atoms. The van der Waals surface area contributed by atoms with Crippen LogP contribution in [0, 0.1) is 0 Å². The van der Waals surface area contributed by atoms with Gasteiger partial charge in [-0.1, -0.05) is 60.7 Å². The first kappa shape index (κ1) is 30.6. The van der Waals surface area contributed by atoms with E-state index in [1.165, 1.54) is 11.8 Å². The van der Waals surface area contributed by atoms with Crippen molar-refractivity contribution in [2.24, 2.45) is 5.73 Å². The summed E-state index contributed by atoms with van der Waals surface area (Å²) < 4.78 is 11.0. The monoisotopic (exact) mass is 570 g/mol. The maximum atomic E-state index is 13.3. The van der Waals surface area contributed by atoms with Crippen molar-refractivity contribution in [3.8, 4) is 0 Å². The molecule has 40 heavy (non-hydrogen) atoms. The van der Waals surface area contributed by atoms with Crippen LogP contribution in [-0.4, -0.2) is 71.4 Å². The SMILES string of the molecule is CSCC[C@@H](NC(=O)[C@@H](COCc1ccccc1)NC(=O)[C@@H]1CCC(=O)N1C(=O)OCc1ccccc1)C(N)=O. The molecule has 1 fully saturated rings. The Morgan fingerprint density at radius 3 is 2.20 bits per heavy atom. The van der Waals surface area contributed by atoms with Crippen LogP contribution in [0.1, 0.15) is 30.4 Å². The average Bonchev–Trinajstić information content (AvgIpc) is 3.35. The highest BCUT2D eigenvalue weighted by Crippen LogP contribution is 2.21. The number of imide groups is 1. The summed E-state index contributed by atoms with van der Waals surface area (Å²) in [4.78, 5) is 64.4. The molecule has 214 valence electrons. The van der Waals surface area contributed by atoms with Gasteiger partial charge in [0, 0.05) is 6.42 Å². The van der Waals surface area contributed by atoms with Gasteiger partial charge in [-0.05, 0) is 36.0 Å². The highest BCUT2D eigenvalue weighted by atomic mass is 32.2. The van der Waals surface area contributed by atoms with E-state index in [2.05, 4.69) is 10.6 Å². The van der Waals surface area contributed by atoms with Crippen molar-refractivity contribution < 1.29 is 33.4 Å². The maximum absolute atomic E-state index is 13.3. The van der Waals surface area contributed by atoms with E-state index in [0.717, 1.165) is 16.0 Å². The number of primary amides is 1. The Bertz CT molecular complexity index is 1170. The predicted molar refractivity (Wildman–Crippen MR) is 149 cm³/mol. The molecular weight excluding hydrogens is 536 g/mol. The van der Waals surface area contributed by atoms with Gasteiger partial charge >= 0.3 is 6.09 Å². The summed E-state index contributed by atoms with van der Waals surface area (Å²) in [7, 11) is 0. The zero-order valence-corrected chi connectivity index (χ0v) is 23.1. The lowest BCUT2D eigenvalue weighted by molar-refractivity contribution is -0.137. The fraction of sp³-hybridized carbons (Fsp3) is 0.393. The van der Waals surface area contributed by atoms with Gasteiger partial charge in [-0.2, -0.15) is 11.8 Å². The highest BCUT2D eigenvalue weighted by Gasteiger charge is 2.42. The molecule has 12 heteroatoms. The van der Waals surface area contributed by atoms with Gasteiger partial charge in [0.15, 0.2) is 0 Å². The minimum Gasteiger partial charge on any atom is -0.444 e. The number of nitrogens with zero attached hydrogens (tertiary/aromatic N) is 1. The van der Waals surface area contributed by atoms with Gasteiger partial charge in [0.1, 0.15) is 24.7 Å². The van der Waals surface area contributed by atoms with E-state index in [-0.39, 0.29) is 32.7 Å². The lowest BCUT2D eigenvalue weighted by atomic mass is 10.1. The molecule has 0 spiro atoms. The van der Waals surface area contributed by atoms with Gasteiger partial charge in [0.05, 0.1) is 13.2 Å². The number of nitrogens with one attached hydrogen (secondary N) is 2. The van der Waals surface area contributed by atoms with Crippen LogP contribution >= 0.6 is 11.8 Å². The zero-order chi connectivity index (χ0) is 28.9. The van der Waals surface area contributed by atoms with Crippen molar-refractivity contribution in [1.29, 1.82) is 0 Å². The first-order valence-electron chi connectivity index (χ1n) is 12.8. The van der Waals surface area contributed by atoms with Crippen LogP contribution in [0.25, 0.3) is 0 Å². The molecule has 5 amide bonds. The number of amides is 5. The van der Waals surface area contributed by atoms with E-state index in [1.54, 1.807) is 24.3 Å². The molecule has 3 rings (SSSR count). The number of carbonyl (C=O) groups excluding carboxylic acids is 5. The van der Waals surface area contributed by atoms with Gasteiger partial charge in [0.2, 0.25) is 23.6 Å². The average molecular weight is 571 g/mol. The molecule has 1 heterocycles. The molecule has 1 aliphatic rings. The molecule has 0 unspecified atom stereocenters. The minimum atomic E-state index is -1.22. The Balaban J connectivity index is 1.68. The minimum absolute atomic E-state index is 0.0294. The fourth-order valence-electron chi connectivity index (χ4n) is 4.06. The number of carbonyl (C=O) groups is 5. The molecule has 1 saturated heterocycles. The Morgan fingerprint density at radius 2 is 1.60 bits per heavy atom. The number of ether oxygens (including phenoxy) is 2. The number of hydrogen-bond acceptors (Lipinski definition) is 8. The summed E-state index contributed by atoms with van der Waals surface area (Å²) in [5.74, 6) is -2.06. The van der Waals surface area contributed by atoms with Crippen LogP contribution in [0.5, 0.6) is 0 Å². The highest BCUT2D eigenvalue weighted by molar-refractivity contribution is 7.98. The number of hydrogen-bond donors (Lipinski definition) is 3. The van der Waals surface area contributed by atoms with E-state index in [0.29, 0.717) is 12.2 Å². The van der Waals surface area contributed by atoms with E-state index >= 15 is 0 Å². The normalized spacial score (nSPS) is 16.2. The smallest absolute Gasteiger partial charge is 0.417 e. The second-order valence-electron chi connectivity index (χ2n) is 9.17. The van der Waals surface area contributed by atoms with Crippen molar-refractivity contribution in [1.82, 2.24) is 15.5 Å². The molecule has 11 nitrogen and oxygen atoms in total. The Hall–Kier alpha value is -3.90. The maximum Gasteiger partial charge on any atom is 0.417 e. The third-order valence-corrected chi connectivity index (χ3v) is 6.86. The van der Waals surface area contributed by atoms with Crippen LogP contribution in [0.4, 0.5) is 4.79 Å². The number of rotatable bonds is 14. The van der Waals surface area contributed by atoms with Crippen LogP contribution in [0.15, 0.2) is 60.7 Å². The van der Waals surface area contributed by atoms with E-state index in [1.807, 2.05) is 42.7 Å². The Morgan fingerprint density at radius 1 is 0.975 bits per heavy atom. The first-order chi connectivity index (χ1) is 19.3. The largest absolute Gasteiger partial charge is 0.444 e. The second-order valence-corrected chi connectivity index (χ2v) is 10.2. The lowest BCUT2D eigenvalue weighted by Crippen LogP contribution is -2.57. The number of nitrogens with two attached hydrogens (primary N) is 1. The summed E-state index contributed by atoms with van der Waals surface area (Å²) in [6.07, 6.45) is 1.27. The van der Waals surface area contributed by atoms with Crippen molar-refractivity contribution in [3.05, 3.63) is 71.8 Å². The predicted octanol–water partition coefficient (Wildman–Crippen LogP) is 1.74. The topological polar surface area (TPSA) is 157 Å². The summed E-state index contributed by atoms with van der Waals surface area (Å²) in [5, 5.41) is 5.17. The number of benzene rings is 2. The van der Waals surface area contributed by atoms with Crippen molar-refractivity contribution in [2.75, 3.05) is 18.6 Å².